The predicted molar refractivity (Wildman–Crippen MR) is 63.1 cm³/mol. The summed E-state index contributed by atoms with van der Waals surface area (Å²) < 4.78 is 0. The molecule has 0 fully saturated rings. The molecule has 1 unspecified atom stereocenters. The Morgan fingerprint density at radius 3 is 2.50 bits per heavy atom. The summed E-state index contributed by atoms with van der Waals surface area (Å²) in [7, 11) is 0. The summed E-state index contributed by atoms with van der Waals surface area (Å²) in [5, 5.41) is 10.4. The summed E-state index contributed by atoms with van der Waals surface area (Å²) in [5.41, 5.74) is 1.05. The van der Waals surface area contributed by atoms with Crippen LogP contribution in [0.3, 0.4) is 0 Å². The minimum Gasteiger partial charge on any atom is -0.377 e. The highest BCUT2D eigenvalue weighted by atomic mass is 16.3. The van der Waals surface area contributed by atoms with Gasteiger partial charge in [-0.2, -0.15) is 0 Å². The number of nitrogens with one attached hydrogen (secondary N) is 1. The lowest BCUT2D eigenvalue weighted by Crippen LogP contribution is -2.24. The van der Waals surface area contributed by atoms with Crippen LogP contribution in [-0.4, -0.2) is 15.1 Å². The number of aliphatic hydroxyl groups is 1. The highest BCUT2D eigenvalue weighted by Crippen LogP contribution is 2.26. The fraction of sp³-hybridized carbons (Fsp3) is 0.308. The van der Waals surface area contributed by atoms with Crippen LogP contribution in [0.15, 0.2) is 36.7 Å². The topological polar surface area (TPSA) is 48.9 Å². The quantitative estimate of drug-likeness (QED) is 0.826. The van der Waals surface area contributed by atoms with Crippen molar-refractivity contribution in [1.29, 1.82) is 0 Å². The van der Waals surface area contributed by atoms with E-state index in [-0.39, 0.29) is 0 Å². The number of rotatable bonds is 3. The second-order valence-corrected chi connectivity index (χ2v) is 4.06. The number of aromatic amines is 1. The van der Waals surface area contributed by atoms with E-state index in [1.807, 2.05) is 24.3 Å². The van der Waals surface area contributed by atoms with Crippen LogP contribution in [0.5, 0.6) is 0 Å². The minimum absolute atomic E-state index is 0.566. The highest BCUT2D eigenvalue weighted by Gasteiger charge is 2.27. The van der Waals surface area contributed by atoms with Gasteiger partial charge in [-0.3, -0.25) is 0 Å². The Morgan fingerprint density at radius 2 is 2.00 bits per heavy atom. The third-order valence-electron chi connectivity index (χ3n) is 2.88. The molecule has 0 saturated heterocycles. The van der Waals surface area contributed by atoms with Crippen molar-refractivity contribution < 1.29 is 5.11 Å². The van der Waals surface area contributed by atoms with Gasteiger partial charge in [0.2, 0.25) is 0 Å². The molecule has 1 atom stereocenters. The van der Waals surface area contributed by atoms with Crippen LogP contribution in [0.1, 0.15) is 30.8 Å². The average Bonchev–Trinajstić information content (AvgIpc) is 2.83. The zero-order chi connectivity index (χ0) is 11.6. The van der Waals surface area contributed by atoms with Gasteiger partial charge in [0.15, 0.2) is 0 Å². The molecule has 0 amide bonds. The molecule has 3 heteroatoms. The maximum absolute atomic E-state index is 10.4. The lowest BCUT2D eigenvalue weighted by Gasteiger charge is -2.21. The van der Waals surface area contributed by atoms with E-state index in [1.165, 1.54) is 5.56 Å². The van der Waals surface area contributed by atoms with Gasteiger partial charge in [0, 0.05) is 12.4 Å². The molecule has 3 nitrogen and oxygen atoms in total. The Kier molecular flexibility index (Phi) is 2.79. The van der Waals surface area contributed by atoms with Crippen molar-refractivity contribution in [2.75, 3.05) is 0 Å². The van der Waals surface area contributed by atoms with Crippen LogP contribution in [-0.2, 0) is 12.0 Å². The Balaban J connectivity index is 2.35. The van der Waals surface area contributed by atoms with Crippen LogP contribution in [0.4, 0.5) is 0 Å². The second kappa shape index (κ2) is 4.10. The van der Waals surface area contributed by atoms with Gasteiger partial charge >= 0.3 is 0 Å². The van der Waals surface area contributed by atoms with Crippen molar-refractivity contribution in [2.24, 2.45) is 0 Å². The molecule has 1 aromatic carbocycles. The van der Waals surface area contributed by atoms with E-state index in [2.05, 4.69) is 16.9 Å². The number of aryl methyl sites for hydroxylation is 1. The van der Waals surface area contributed by atoms with Crippen LogP contribution in [0, 0.1) is 0 Å². The minimum atomic E-state index is -1.06. The summed E-state index contributed by atoms with van der Waals surface area (Å²) in [4.78, 5) is 7.04. The van der Waals surface area contributed by atoms with Gasteiger partial charge in [0.05, 0.1) is 0 Å². The molecule has 0 aliphatic rings. The van der Waals surface area contributed by atoms with Gasteiger partial charge in [-0.15, -0.1) is 0 Å². The summed E-state index contributed by atoms with van der Waals surface area (Å²) in [6.45, 7) is 3.85. The maximum Gasteiger partial charge on any atom is 0.144 e. The van der Waals surface area contributed by atoms with E-state index in [0.717, 1.165) is 12.0 Å². The largest absolute Gasteiger partial charge is 0.377 e. The molecule has 0 aliphatic carbocycles. The molecular weight excluding hydrogens is 200 g/mol. The van der Waals surface area contributed by atoms with E-state index in [1.54, 1.807) is 19.3 Å². The van der Waals surface area contributed by atoms with Crippen LogP contribution in [0.2, 0.25) is 0 Å². The summed E-state index contributed by atoms with van der Waals surface area (Å²) in [6, 6.07) is 7.96. The maximum atomic E-state index is 10.4. The molecule has 0 saturated carbocycles. The van der Waals surface area contributed by atoms with Crippen molar-refractivity contribution in [1.82, 2.24) is 9.97 Å². The average molecular weight is 216 g/mol. The van der Waals surface area contributed by atoms with E-state index in [4.69, 9.17) is 0 Å². The van der Waals surface area contributed by atoms with Gasteiger partial charge in [-0.05, 0) is 24.5 Å². The fourth-order valence-corrected chi connectivity index (χ4v) is 1.73. The number of benzene rings is 1. The normalized spacial score (nSPS) is 14.7. The number of hydrogen-bond acceptors (Lipinski definition) is 2. The molecule has 16 heavy (non-hydrogen) atoms. The Hall–Kier alpha value is -1.61. The molecule has 0 radical (unpaired) electrons. The van der Waals surface area contributed by atoms with Crippen LogP contribution >= 0.6 is 0 Å². The first-order chi connectivity index (χ1) is 7.64. The SMILES string of the molecule is CCc1ccc(C(C)(O)c2ncc[nH]2)cc1. The summed E-state index contributed by atoms with van der Waals surface area (Å²) in [5.74, 6) is 0.566. The van der Waals surface area contributed by atoms with Crippen molar-refractivity contribution in [3.63, 3.8) is 0 Å². The van der Waals surface area contributed by atoms with Gasteiger partial charge in [-0.25, -0.2) is 4.98 Å². The van der Waals surface area contributed by atoms with E-state index in [9.17, 15) is 5.11 Å². The first kappa shape index (κ1) is 10.9. The van der Waals surface area contributed by atoms with Gasteiger partial charge < -0.3 is 10.1 Å². The lowest BCUT2D eigenvalue weighted by atomic mass is 9.94. The van der Waals surface area contributed by atoms with Crippen molar-refractivity contribution in [3.05, 3.63) is 53.6 Å². The Bertz CT molecular complexity index is 443. The third-order valence-corrected chi connectivity index (χ3v) is 2.88. The smallest absolute Gasteiger partial charge is 0.144 e. The number of nitrogens with zero attached hydrogens (tertiary/aromatic N) is 1. The molecule has 0 spiro atoms. The van der Waals surface area contributed by atoms with Crippen LogP contribution < -0.4 is 0 Å². The molecule has 0 aliphatic heterocycles. The van der Waals surface area contributed by atoms with E-state index >= 15 is 0 Å². The molecular formula is C13H16N2O. The Labute approximate surface area is 95.2 Å². The molecule has 1 heterocycles. The first-order valence-electron chi connectivity index (χ1n) is 5.46. The molecule has 2 N–H and O–H groups in total. The molecule has 2 rings (SSSR count). The lowest BCUT2D eigenvalue weighted by molar-refractivity contribution is 0.0931. The van der Waals surface area contributed by atoms with E-state index < -0.39 is 5.60 Å². The molecule has 1 aromatic heterocycles. The second-order valence-electron chi connectivity index (χ2n) is 4.06. The first-order valence-corrected chi connectivity index (χ1v) is 5.46. The number of hydrogen-bond donors (Lipinski definition) is 2. The zero-order valence-electron chi connectivity index (χ0n) is 9.57. The standard InChI is InChI=1S/C13H16N2O/c1-3-10-4-6-11(7-5-10)13(2,16)12-14-8-9-15-12/h4-9,16H,3H2,1-2H3,(H,14,15). The molecule has 84 valence electrons. The van der Waals surface area contributed by atoms with Crippen molar-refractivity contribution in [2.45, 2.75) is 25.9 Å². The monoisotopic (exact) mass is 216 g/mol. The van der Waals surface area contributed by atoms with Gasteiger partial charge in [0.25, 0.3) is 0 Å². The summed E-state index contributed by atoms with van der Waals surface area (Å²) in [6.07, 6.45) is 4.36. The van der Waals surface area contributed by atoms with Crippen LogP contribution in [0.25, 0.3) is 0 Å². The zero-order valence-corrected chi connectivity index (χ0v) is 9.57. The Morgan fingerprint density at radius 1 is 1.31 bits per heavy atom. The van der Waals surface area contributed by atoms with E-state index in [0.29, 0.717) is 5.82 Å². The predicted octanol–water partition coefficient (Wildman–Crippen LogP) is 2.23. The van der Waals surface area contributed by atoms with Crippen molar-refractivity contribution >= 4 is 0 Å². The number of imidazole rings is 1. The fourth-order valence-electron chi connectivity index (χ4n) is 1.73. The molecule has 0 bridgehead atoms. The highest BCUT2D eigenvalue weighted by molar-refractivity contribution is 5.31. The van der Waals surface area contributed by atoms with Crippen molar-refractivity contribution in [3.8, 4) is 0 Å². The van der Waals surface area contributed by atoms with Gasteiger partial charge in [0.1, 0.15) is 11.4 Å². The number of H-pyrrole nitrogens is 1. The third kappa shape index (κ3) is 1.86. The number of aromatic nitrogens is 2. The summed E-state index contributed by atoms with van der Waals surface area (Å²) >= 11 is 0. The van der Waals surface area contributed by atoms with Gasteiger partial charge in [-0.1, -0.05) is 31.2 Å². The molecule has 2 aromatic rings.